The summed E-state index contributed by atoms with van der Waals surface area (Å²) in [5.74, 6) is 5.21. The second kappa shape index (κ2) is 12.3. The molecule has 0 aromatic rings. The second-order valence-electron chi connectivity index (χ2n) is 6.41. The Kier molecular flexibility index (Phi) is 12.2. The molecule has 0 rings (SSSR count). The van der Waals surface area contributed by atoms with Crippen LogP contribution in [-0.2, 0) is 36.3 Å². The molecule has 0 saturated heterocycles. The fourth-order valence-corrected chi connectivity index (χ4v) is 4.38. The van der Waals surface area contributed by atoms with Crippen molar-refractivity contribution in [2.75, 3.05) is 13.2 Å². The van der Waals surface area contributed by atoms with Crippen molar-refractivity contribution in [2.45, 2.75) is 79.8 Å². The number of hydrogen-bond acceptors (Lipinski definition) is 8. The number of rotatable bonds is 12. The first-order valence-corrected chi connectivity index (χ1v) is 11.5. The fraction of sp³-hybridized carbons (Fsp3) is 0.875. The molecule has 0 bridgehead atoms. The Morgan fingerprint density at radius 3 is 1.00 bits per heavy atom. The maximum absolute atomic E-state index is 12.4. The summed E-state index contributed by atoms with van der Waals surface area (Å²) in [6, 6.07) is 0. The third-order valence-corrected chi connectivity index (χ3v) is 5.68. The van der Waals surface area contributed by atoms with Crippen molar-refractivity contribution < 1.29 is 36.3 Å². The molecule has 0 aromatic heterocycles. The van der Waals surface area contributed by atoms with Crippen LogP contribution in [0.15, 0.2) is 0 Å². The van der Waals surface area contributed by atoms with E-state index in [0.717, 1.165) is 0 Å². The lowest BCUT2D eigenvalue weighted by Gasteiger charge is -2.21. The van der Waals surface area contributed by atoms with Crippen LogP contribution in [0.1, 0.15) is 55.4 Å². The maximum Gasteiger partial charge on any atom is 0.476 e. The zero-order valence-corrected chi connectivity index (χ0v) is 18.7. The van der Waals surface area contributed by atoms with Gasteiger partial charge in [0.05, 0.1) is 24.4 Å². The molecule has 0 amide bonds. The van der Waals surface area contributed by atoms with E-state index < -0.39 is 15.6 Å². The predicted molar refractivity (Wildman–Crippen MR) is 99.8 cm³/mol. The molecule has 0 N–H and O–H groups in total. The van der Waals surface area contributed by atoms with Gasteiger partial charge in [0, 0.05) is 0 Å². The molecule has 0 spiro atoms. The van der Waals surface area contributed by atoms with Crippen molar-refractivity contribution in [1.82, 2.24) is 0 Å². The van der Waals surface area contributed by atoms with Crippen LogP contribution >= 0.6 is 15.6 Å². The van der Waals surface area contributed by atoms with Gasteiger partial charge >= 0.3 is 15.6 Å². The molecular weight excluding hydrogens is 382 g/mol. The maximum atomic E-state index is 12.4. The molecule has 0 fully saturated rings. The van der Waals surface area contributed by atoms with Crippen LogP contribution in [0, 0.1) is 11.8 Å². The largest absolute Gasteiger partial charge is 0.476 e. The van der Waals surface area contributed by atoms with Gasteiger partial charge in [0.15, 0.2) is 0 Å². The molecule has 0 heterocycles. The molecule has 154 valence electrons. The molecule has 0 unspecified atom stereocenters. The Bertz CT molecular complexity index is 474. The highest BCUT2D eigenvalue weighted by Crippen LogP contribution is 2.52. The first-order chi connectivity index (χ1) is 11.9. The van der Waals surface area contributed by atoms with Crippen molar-refractivity contribution in [1.29, 1.82) is 0 Å². The Morgan fingerprint density at radius 2 is 0.808 bits per heavy atom. The van der Waals surface area contributed by atoms with E-state index in [1.807, 2.05) is 0 Å². The lowest BCUT2D eigenvalue weighted by molar-refractivity contribution is 0.0767. The van der Waals surface area contributed by atoms with Crippen LogP contribution in [-0.4, -0.2) is 37.6 Å². The van der Waals surface area contributed by atoms with Crippen molar-refractivity contribution >= 4 is 15.6 Å². The zero-order valence-electron chi connectivity index (χ0n) is 16.9. The number of phosphoric ester groups is 2. The smallest absolute Gasteiger partial charge is 0.284 e. The van der Waals surface area contributed by atoms with E-state index in [2.05, 4.69) is 11.8 Å². The number of hydrogen-bond donors (Lipinski definition) is 0. The predicted octanol–water partition coefficient (Wildman–Crippen LogP) is 4.94. The number of phosphoric acid groups is 2. The van der Waals surface area contributed by atoms with E-state index in [9.17, 15) is 9.13 Å². The Morgan fingerprint density at radius 1 is 0.577 bits per heavy atom. The lowest BCUT2D eigenvalue weighted by Crippen LogP contribution is -2.10. The van der Waals surface area contributed by atoms with Gasteiger partial charge in [0.1, 0.15) is 13.2 Å². The summed E-state index contributed by atoms with van der Waals surface area (Å²) < 4.78 is 56.1. The SMILES string of the molecule is CC(C)OP(=O)(OCC#CCOP(=O)(OC(C)C)OC(C)C)OC(C)C. The highest BCUT2D eigenvalue weighted by molar-refractivity contribution is 7.48. The minimum Gasteiger partial charge on any atom is -0.284 e. The van der Waals surface area contributed by atoms with Gasteiger partial charge in [0.2, 0.25) is 0 Å². The first-order valence-electron chi connectivity index (χ1n) is 8.56. The van der Waals surface area contributed by atoms with E-state index in [1.165, 1.54) is 0 Å². The molecule has 0 aromatic carbocycles. The van der Waals surface area contributed by atoms with Crippen LogP contribution in [0.25, 0.3) is 0 Å². The third-order valence-electron chi connectivity index (χ3n) is 2.07. The molecule has 0 aliphatic carbocycles. The highest BCUT2D eigenvalue weighted by Gasteiger charge is 2.30. The van der Waals surface area contributed by atoms with Crippen molar-refractivity contribution in [3.8, 4) is 11.8 Å². The Labute approximate surface area is 157 Å². The topological polar surface area (TPSA) is 89.5 Å². The van der Waals surface area contributed by atoms with Gasteiger partial charge in [-0.05, 0) is 55.4 Å². The van der Waals surface area contributed by atoms with Gasteiger partial charge in [-0.1, -0.05) is 11.8 Å². The standard InChI is InChI=1S/C16H32O8P2/c1-13(2)21-25(17,22-14(3)4)19-11-9-10-12-20-26(18,23-15(5)6)24-16(7)8/h13-16H,11-12H2,1-8H3. The summed E-state index contributed by atoms with van der Waals surface area (Å²) in [6.07, 6.45) is -1.32. The van der Waals surface area contributed by atoms with Crippen LogP contribution in [0.2, 0.25) is 0 Å². The van der Waals surface area contributed by atoms with E-state index in [-0.39, 0.29) is 37.6 Å². The third kappa shape index (κ3) is 13.0. The average molecular weight is 414 g/mol. The van der Waals surface area contributed by atoms with E-state index in [4.69, 9.17) is 27.1 Å². The summed E-state index contributed by atoms with van der Waals surface area (Å²) in [4.78, 5) is 0. The molecular formula is C16H32O8P2. The van der Waals surface area contributed by atoms with Crippen molar-refractivity contribution in [2.24, 2.45) is 0 Å². The van der Waals surface area contributed by atoms with Gasteiger partial charge < -0.3 is 0 Å². The monoisotopic (exact) mass is 414 g/mol. The fourth-order valence-electron chi connectivity index (χ4n) is 1.53. The first kappa shape index (κ1) is 25.8. The summed E-state index contributed by atoms with van der Waals surface area (Å²) >= 11 is 0. The Balaban J connectivity index is 4.62. The van der Waals surface area contributed by atoms with Crippen LogP contribution in [0.3, 0.4) is 0 Å². The molecule has 0 saturated carbocycles. The van der Waals surface area contributed by atoms with E-state index in [0.29, 0.717) is 0 Å². The van der Waals surface area contributed by atoms with Gasteiger partial charge in [-0.3, -0.25) is 27.1 Å². The minimum absolute atomic E-state index is 0.194. The molecule has 0 aliphatic heterocycles. The normalized spacial score (nSPS) is 12.9. The summed E-state index contributed by atoms with van der Waals surface area (Å²) in [7, 11) is -7.40. The summed E-state index contributed by atoms with van der Waals surface area (Å²) in [6.45, 7) is 13.4. The van der Waals surface area contributed by atoms with Crippen molar-refractivity contribution in [3.63, 3.8) is 0 Å². The van der Waals surface area contributed by atoms with E-state index in [1.54, 1.807) is 55.4 Å². The van der Waals surface area contributed by atoms with Crippen molar-refractivity contribution in [3.05, 3.63) is 0 Å². The Hall–Kier alpha value is -0.220. The molecule has 10 heteroatoms. The molecule has 0 radical (unpaired) electrons. The van der Waals surface area contributed by atoms with Gasteiger partial charge in [-0.2, -0.15) is 0 Å². The quantitative estimate of drug-likeness (QED) is 0.328. The molecule has 0 atom stereocenters. The minimum atomic E-state index is -3.70. The average Bonchev–Trinajstić information content (AvgIpc) is 2.38. The van der Waals surface area contributed by atoms with Gasteiger partial charge in [-0.25, -0.2) is 9.13 Å². The molecule has 26 heavy (non-hydrogen) atoms. The zero-order chi connectivity index (χ0) is 20.4. The van der Waals surface area contributed by atoms with Gasteiger partial charge in [0.25, 0.3) is 0 Å². The van der Waals surface area contributed by atoms with Gasteiger partial charge in [-0.15, -0.1) is 0 Å². The van der Waals surface area contributed by atoms with Crippen LogP contribution < -0.4 is 0 Å². The highest BCUT2D eigenvalue weighted by atomic mass is 31.2. The van der Waals surface area contributed by atoms with Crippen LogP contribution in [0.5, 0.6) is 0 Å². The molecule has 0 aliphatic rings. The lowest BCUT2D eigenvalue weighted by atomic mass is 10.5. The second-order valence-corrected chi connectivity index (χ2v) is 9.56. The molecule has 8 nitrogen and oxygen atoms in total. The van der Waals surface area contributed by atoms with Crippen LogP contribution in [0.4, 0.5) is 0 Å². The summed E-state index contributed by atoms with van der Waals surface area (Å²) in [5.41, 5.74) is 0. The summed E-state index contributed by atoms with van der Waals surface area (Å²) in [5, 5.41) is 0. The van der Waals surface area contributed by atoms with E-state index >= 15 is 0 Å².